The summed E-state index contributed by atoms with van der Waals surface area (Å²) in [6, 6.07) is 2.85. The molecule has 1 heterocycles. The van der Waals surface area contributed by atoms with Crippen molar-refractivity contribution < 1.29 is 9.53 Å². The second kappa shape index (κ2) is 3.85. The zero-order valence-corrected chi connectivity index (χ0v) is 7.13. The predicted octanol–water partition coefficient (Wildman–Crippen LogP) is 1.37. The molecular formula is C9H10NO2. The molecule has 0 amide bonds. The van der Waals surface area contributed by atoms with Gasteiger partial charge in [-0.1, -0.05) is 0 Å². The molecule has 1 aromatic heterocycles. The van der Waals surface area contributed by atoms with Gasteiger partial charge in [0.25, 0.3) is 0 Å². The van der Waals surface area contributed by atoms with Crippen molar-refractivity contribution in [2.45, 2.75) is 13.8 Å². The number of aryl methyl sites for hydroxylation is 1. The Kier molecular flexibility index (Phi) is 2.80. The molecule has 3 heteroatoms. The second-order valence-corrected chi connectivity index (χ2v) is 2.35. The van der Waals surface area contributed by atoms with Crippen molar-refractivity contribution in [3.63, 3.8) is 0 Å². The third kappa shape index (κ3) is 2.05. The van der Waals surface area contributed by atoms with Gasteiger partial charge >= 0.3 is 5.97 Å². The fourth-order valence-corrected chi connectivity index (χ4v) is 0.813. The molecule has 12 heavy (non-hydrogen) atoms. The van der Waals surface area contributed by atoms with E-state index in [1.54, 1.807) is 13.1 Å². The quantitative estimate of drug-likeness (QED) is 0.619. The minimum Gasteiger partial charge on any atom is -0.462 e. The molecule has 63 valence electrons. The topological polar surface area (TPSA) is 39.2 Å². The van der Waals surface area contributed by atoms with Crippen molar-refractivity contribution in [2.75, 3.05) is 6.61 Å². The number of hydrogen-bond donors (Lipinski definition) is 0. The van der Waals surface area contributed by atoms with E-state index in [1.165, 1.54) is 6.20 Å². The van der Waals surface area contributed by atoms with Crippen LogP contribution in [-0.4, -0.2) is 17.6 Å². The van der Waals surface area contributed by atoms with Gasteiger partial charge in [0.05, 0.1) is 12.2 Å². The van der Waals surface area contributed by atoms with Crippen molar-refractivity contribution in [3.05, 3.63) is 29.6 Å². The third-order valence-corrected chi connectivity index (χ3v) is 1.30. The van der Waals surface area contributed by atoms with Crippen LogP contribution >= 0.6 is 0 Å². The highest BCUT2D eigenvalue weighted by Crippen LogP contribution is 2.01. The van der Waals surface area contributed by atoms with Gasteiger partial charge in [0.1, 0.15) is 0 Å². The van der Waals surface area contributed by atoms with Crippen LogP contribution in [0.5, 0.6) is 0 Å². The maximum Gasteiger partial charge on any atom is 0.340 e. The molecule has 0 bridgehead atoms. The first-order valence-corrected chi connectivity index (χ1v) is 3.75. The molecule has 0 aliphatic heterocycles. The van der Waals surface area contributed by atoms with E-state index in [-0.39, 0.29) is 5.97 Å². The van der Waals surface area contributed by atoms with Gasteiger partial charge in [0, 0.05) is 18.5 Å². The van der Waals surface area contributed by atoms with E-state index in [2.05, 4.69) is 11.1 Å². The highest BCUT2D eigenvalue weighted by Gasteiger charge is 2.05. The Balaban J connectivity index is 2.81. The van der Waals surface area contributed by atoms with E-state index in [4.69, 9.17) is 4.74 Å². The van der Waals surface area contributed by atoms with Gasteiger partial charge in [-0.3, -0.25) is 4.98 Å². The molecule has 0 spiro atoms. The van der Waals surface area contributed by atoms with Crippen molar-refractivity contribution >= 4 is 5.97 Å². The van der Waals surface area contributed by atoms with Gasteiger partial charge in [-0.2, -0.15) is 0 Å². The van der Waals surface area contributed by atoms with Gasteiger partial charge < -0.3 is 4.74 Å². The molecule has 0 N–H and O–H groups in total. The largest absolute Gasteiger partial charge is 0.462 e. The van der Waals surface area contributed by atoms with Crippen LogP contribution in [0.15, 0.2) is 12.4 Å². The van der Waals surface area contributed by atoms with Crippen LogP contribution in [0.25, 0.3) is 0 Å². The normalized spacial score (nSPS) is 9.50. The fraction of sp³-hybridized carbons (Fsp3) is 0.333. The average Bonchev–Trinajstić information content (AvgIpc) is 2.05. The monoisotopic (exact) mass is 164 g/mol. The lowest BCUT2D eigenvalue weighted by atomic mass is 10.2. The minimum absolute atomic E-state index is 0.367. The van der Waals surface area contributed by atoms with E-state index in [0.29, 0.717) is 12.2 Å². The first-order chi connectivity index (χ1) is 5.74. The maximum absolute atomic E-state index is 11.1. The smallest absolute Gasteiger partial charge is 0.340 e. The Hall–Kier alpha value is -1.38. The van der Waals surface area contributed by atoms with Gasteiger partial charge in [0.15, 0.2) is 0 Å². The summed E-state index contributed by atoms with van der Waals surface area (Å²) in [5.41, 5.74) is 1.22. The molecular weight excluding hydrogens is 154 g/mol. The number of carbonyl (C=O) groups is 1. The molecule has 0 fully saturated rings. The van der Waals surface area contributed by atoms with E-state index in [0.717, 1.165) is 5.56 Å². The Morgan fingerprint density at radius 3 is 3.00 bits per heavy atom. The van der Waals surface area contributed by atoms with E-state index < -0.39 is 0 Å². The van der Waals surface area contributed by atoms with E-state index in [1.807, 2.05) is 6.92 Å². The van der Waals surface area contributed by atoms with E-state index >= 15 is 0 Å². The first-order valence-electron chi connectivity index (χ1n) is 3.75. The Morgan fingerprint density at radius 1 is 1.67 bits per heavy atom. The lowest BCUT2D eigenvalue weighted by molar-refractivity contribution is 0.0525. The molecule has 0 saturated heterocycles. The number of ether oxygens (including phenoxy) is 1. The summed E-state index contributed by atoms with van der Waals surface area (Å²) in [7, 11) is 0. The van der Waals surface area contributed by atoms with Crippen LogP contribution < -0.4 is 0 Å². The van der Waals surface area contributed by atoms with Gasteiger partial charge in [0.2, 0.25) is 0 Å². The Bertz CT molecular complexity index is 284. The van der Waals surface area contributed by atoms with Crippen LogP contribution in [0.1, 0.15) is 22.8 Å². The molecule has 0 atom stereocenters. The summed E-state index contributed by atoms with van der Waals surface area (Å²) < 4.78 is 4.77. The van der Waals surface area contributed by atoms with Crippen LogP contribution in [-0.2, 0) is 4.74 Å². The van der Waals surface area contributed by atoms with Crippen molar-refractivity contribution in [3.8, 4) is 0 Å². The highest BCUT2D eigenvalue weighted by atomic mass is 16.5. The number of aromatic nitrogens is 1. The number of pyridine rings is 1. The van der Waals surface area contributed by atoms with Gasteiger partial charge in [-0.05, 0) is 19.4 Å². The second-order valence-electron chi connectivity index (χ2n) is 2.35. The highest BCUT2D eigenvalue weighted by molar-refractivity contribution is 5.88. The van der Waals surface area contributed by atoms with Gasteiger partial charge in [-0.25, -0.2) is 4.79 Å². The fourth-order valence-electron chi connectivity index (χ4n) is 0.813. The van der Waals surface area contributed by atoms with Crippen LogP contribution in [0.3, 0.4) is 0 Å². The summed E-state index contributed by atoms with van der Waals surface area (Å²) in [6.45, 7) is 3.97. The number of nitrogens with zero attached hydrogens (tertiary/aromatic N) is 1. The first kappa shape index (κ1) is 8.71. The summed E-state index contributed by atoms with van der Waals surface area (Å²) in [6.07, 6.45) is 3.09. The average molecular weight is 164 g/mol. The van der Waals surface area contributed by atoms with Gasteiger partial charge in [-0.15, -0.1) is 0 Å². The molecule has 1 radical (unpaired) electrons. The zero-order valence-electron chi connectivity index (χ0n) is 7.13. The zero-order chi connectivity index (χ0) is 8.97. The molecule has 0 aromatic carbocycles. The maximum atomic E-state index is 11.1. The summed E-state index contributed by atoms with van der Waals surface area (Å²) in [5.74, 6) is -0.367. The molecule has 0 aliphatic carbocycles. The van der Waals surface area contributed by atoms with Crippen molar-refractivity contribution in [1.82, 2.24) is 4.98 Å². The lowest BCUT2D eigenvalue weighted by Gasteiger charge is -2.00. The number of esters is 1. The SMILES string of the molecule is CCOC(=O)c1[c]c(C)cnc1. The van der Waals surface area contributed by atoms with E-state index in [9.17, 15) is 4.79 Å². The van der Waals surface area contributed by atoms with Crippen LogP contribution in [0.4, 0.5) is 0 Å². The van der Waals surface area contributed by atoms with Crippen LogP contribution in [0, 0.1) is 13.0 Å². The molecule has 1 aromatic rings. The number of carbonyl (C=O) groups excluding carboxylic acids is 1. The molecule has 0 unspecified atom stereocenters. The summed E-state index contributed by atoms with van der Waals surface area (Å²) in [4.78, 5) is 15.0. The van der Waals surface area contributed by atoms with Crippen LogP contribution in [0.2, 0.25) is 0 Å². The number of hydrogen-bond acceptors (Lipinski definition) is 3. The molecule has 3 nitrogen and oxygen atoms in total. The Labute approximate surface area is 71.4 Å². The summed E-state index contributed by atoms with van der Waals surface area (Å²) >= 11 is 0. The molecule has 1 rings (SSSR count). The lowest BCUT2D eigenvalue weighted by Crippen LogP contribution is -2.05. The van der Waals surface area contributed by atoms with Crippen molar-refractivity contribution in [1.29, 1.82) is 0 Å². The number of rotatable bonds is 2. The minimum atomic E-state index is -0.367. The third-order valence-electron chi connectivity index (χ3n) is 1.30. The summed E-state index contributed by atoms with van der Waals surface area (Å²) in [5, 5.41) is 0. The standard InChI is InChI=1S/C9H10NO2/c1-3-12-9(11)8-4-7(2)5-10-6-8/h5-6H,3H2,1-2H3. The Morgan fingerprint density at radius 2 is 2.42 bits per heavy atom. The van der Waals surface area contributed by atoms with Crippen molar-refractivity contribution in [2.24, 2.45) is 0 Å². The predicted molar refractivity (Wildman–Crippen MR) is 43.8 cm³/mol. The molecule has 0 saturated carbocycles. The molecule has 0 aliphatic rings.